The zero-order valence-electron chi connectivity index (χ0n) is 14.5. The maximum Gasteiger partial charge on any atom is 0.337 e. The van der Waals surface area contributed by atoms with Gasteiger partial charge in [-0.15, -0.1) is 0 Å². The number of carboxylic acids is 1. The summed E-state index contributed by atoms with van der Waals surface area (Å²) in [7, 11) is 3.63. The summed E-state index contributed by atoms with van der Waals surface area (Å²) in [6.07, 6.45) is 0. The van der Waals surface area contributed by atoms with Crippen LogP contribution in [0.3, 0.4) is 0 Å². The lowest BCUT2D eigenvalue weighted by Crippen LogP contribution is -2.44. The van der Waals surface area contributed by atoms with Gasteiger partial charge in [0.15, 0.2) is 0 Å². The van der Waals surface area contributed by atoms with E-state index in [0.717, 1.165) is 31.9 Å². The quantitative estimate of drug-likeness (QED) is 0.840. The van der Waals surface area contributed by atoms with Crippen LogP contribution in [0.1, 0.15) is 17.3 Å². The van der Waals surface area contributed by atoms with Crippen LogP contribution in [-0.4, -0.2) is 75.4 Å². The molecule has 2 rings (SSSR count). The number of carboxylic acid groups (broad SMARTS) is 1. The molecule has 24 heavy (non-hydrogen) atoms. The van der Waals surface area contributed by atoms with Crippen LogP contribution in [0.4, 0.5) is 11.4 Å². The first kappa shape index (κ1) is 18.2. The van der Waals surface area contributed by atoms with Crippen LogP contribution >= 0.6 is 0 Å². The first-order chi connectivity index (χ1) is 11.4. The van der Waals surface area contributed by atoms with Gasteiger partial charge < -0.3 is 24.5 Å². The molecule has 0 radical (unpaired) electrons. The van der Waals surface area contributed by atoms with Gasteiger partial charge in [0.25, 0.3) is 0 Å². The maximum atomic E-state index is 12.0. The number of aromatic carboxylic acids is 1. The highest BCUT2D eigenvalue weighted by molar-refractivity contribution is 6.02. The number of amides is 1. The molecule has 132 valence electrons. The fourth-order valence-corrected chi connectivity index (χ4v) is 2.82. The average molecular weight is 335 g/mol. The van der Waals surface area contributed by atoms with Crippen LogP contribution < -0.4 is 9.80 Å². The summed E-state index contributed by atoms with van der Waals surface area (Å²) in [5.74, 6) is -1.25. The molecule has 1 saturated heterocycles. The smallest absolute Gasteiger partial charge is 0.337 e. The average Bonchev–Trinajstić information content (AvgIpc) is 2.55. The highest BCUT2D eigenvalue weighted by atomic mass is 16.5. The third-order valence-corrected chi connectivity index (χ3v) is 4.27. The summed E-state index contributed by atoms with van der Waals surface area (Å²) in [6, 6.07) is 5.19. The number of benzene rings is 1. The molecule has 0 aliphatic carbocycles. The van der Waals surface area contributed by atoms with Gasteiger partial charge in [0.2, 0.25) is 5.91 Å². The minimum atomic E-state index is -1.04. The van der Waals surface area contributed by atoms with Gasteiger partial charge in [0.1, 0.15) is 0 Å². The summed E-state index contributed by atoms with van der Waals surface area (Å²) < 4.78 is 5.05. The minimum Gasteiger partial charge on any atom is -0.478 e. The lowest BCUT2D eigenvalue weighted by atomic mass is 10.1. The number of carbonyl (C=O) groups is 2. The molecule has 7 nitrogen and oxygen atoms in total. The third-order valence-electron chi connectivity index (χ3n) is 4.27. The summed E-state index contributed by atoms with van der Waals surface area (Å²) in [5.41, 5.74) is 1.48. The standard InChI is InChI=1S/C17H25N3O4/c1-13(21)20(10-11-24-3)16-12-14(4-5-15(16)17(22)23)19-8-6-18(2)7-9-19/h4-5,12H,6-11H2,1-3H3,(H,22,23). The van der Waals surface area contributed by atoms with Crippen LogP contribution in [0.2, 0.25) is 0 Å². The Bertz CT molecular complexity index is 597. The van der Waals surface area contributed by atoms with Gasteiger partial charge in [-0.25, -0.2) is 4.79 Å². The number of nitrogens with zero attached hydrogens (tertiary/aromatic N) is 3. The number of piperazine rings is 1. The number of anilines is 2. The second kappa shape index (κ2) is 8.12. The lowest BCUT2D eigenvalue weighted by Gasteiger charge is -2.35. The van der Waals surface area contributed by atoms with Crippen LogP contribution in [0, 0.1) is 0 Å². The molecule has 1 amide bonds. The molecule has 0 atom stereocenters. The second-order valence-corrected chi connectivity index (χ2v) is 5.96. The van der Waals surface area contributed by atoms with Crippen molar-refractivity contribution in [1.29, 1.82) is 0 Å². The van der Waals surface area contributed by atoms with E-state index in [1.807, 2.05) is 6.07 Å². The Hall–Kier alpha value is -2.12. The van der Waals surface area contributed by atoms with E-state index >= 15 is 0 Å². The molecule has 1 aromatic rings. The van der Waals surface area contributed by atoms with Crippen molar-refractivity contribution in [2.45, 2.75) is 6.92 Å². The topological polar surface area (TPSA) is 73.3 Å². The zero-order valence-corrected chi connectivity index (χ0v) is 14.5. The van der Waals surface area contributed by atoms with Gasteiger partial charge in [-0.05, 0) is 25.2 Å². The van der Waals surface area contributed by atoms with Crippen LogP contribution in [0.25, 0.3) is 0 Å². The van der Waals surface area contributed by atoms with Gasteiger partial charge in [-0.1, -0.05) is 0 Å². The van der Waals surface area contributed by atoms with Gasteiger partial charge in [-0.3, -0.25) is 4.79 Å². The monoisotopic (exact) mass is 335 g/mol. The van der Waals surface area contributed by atoms with Crippen molar-refractivity contribution in [1.82, 2.24) is 4.90 Å². The van der Waals surface area contributed by atoms with Crippen LogP contribution in [-0.2, 0) is 9.53 Å². The number of methoxy groups -OCH3 is 1. The predicted octanol–water partition coefficient (Wildman–Crippen LogP) is 1.14. The molecule has 1 aliphatic rings. The van der Waals surface area contributed by atoms with Crippen molar-refractivity contribution in [2.24, 2.45) is 0 Å². The number of rotatable bonds is 6. The van der Waals surface area contributed by atoms with Crippen LogP contribution in [0.5, 0.6) is 0 Å². The zero-order chi connectivity index (χ0) is 17.7. The number of hydrogen-bond donors (Lipinski definition) is 1. The molecule has 0 spiro atoms. The Kier molecular flexibility index (Phi) is 6.16. The highest BCUT2D eigenvalue weighted by Crippen LogP contribution is 2.28. The third kappa shape index (κ3) is 4.24. The van der Waals surface area contributed by atoms with Crippen molar-refractivity contribution in [3.05, 3.63) is 23.8 Å². The number of carbonyl (C=O) groups excluding carboxylic acids is 1. The molecule has 7 heteroatoms. The normalized spacial score (nSPS) is 15.4. The molecule has 0 saturated carbocycles. The van der Waals surface area contributed by atoms with E-state index in [-0.39, 0.29) is 11.5 Å². The Balaban J connectivity index is 2.36. The Morgan fingerprint density at radius 2 is 1.92 bits per heavy atom. The van der Waals surface area contributed by atoms with Crippen molar-refractivity contribution >= 4 is 23.3 Å². The van der Waals surface area contributed by atoms with Gasteiger partial charge in [0.05, 0.1) is 17.9 Å². The Morgan fingerprint density at radius 3 is 2.46 bits per heavy atom. The van der Waals surface area contributed by atoms with E-state index in [0.29, 0.717) is 18.8 Å². The summed E-state index contributed by atoms with van der Waals surface area (Å²) in [5, 5.41) is 9.47. The largest absolute Gasteiger partial charge is 0.478 e. The van der Waals surface area contributed by atoms with Crippen molar-refractivity contribution in [3.8, 4) is 0 Å². The van der Waals surface area contributed by atoms with Gasteiger partial charge in [-0.2, -0.15) is 0 Å². The molecule has 1 N–H and O–H groups in total. The van der Waals surface area contributed by atoms with E-state index in [9.17, 15) is 14.7 Å². The number of likely N-dealkylation sites (N-methyl/N-ethyl adjacent to an activating group) is 1. The maximum absolute atomic E-state index is 12.0. The van der Waals surface area contributed by atoms with Gasteiger partial charge >= 0.3 is 5.97 Å². The molecule has 1 heterocycles. The van der Waals surface area contributed by atoms with Crippen molar-refractivity contribution < 1.29 is 19.4 Å². The molecule has 1 aliphatic heterocycles. The summed E-state index contributed by atoms with van der Waals surface area (Å²) >= 11 is 0. The van der Waals surface area contributed by atoms with E-state index in [2.05, 4.69) is 16.8 Å². The molecular formula is C17H25N3O4. The number of hydrogen-bond acceptors (Lipinski definition) is 5. The van der Waals surface area contributed by atoms with E-state index in [1.165, 1.54) is 11.8 Å². The molecule has 1 fully saturated rings. The lowest BCUT2D eigenvalue weighted by molar-refractivity contribution is -0.116. The Labute approximate surface area is 142 Å². The van der Waals surface area contributed by atoms with E-state index < -0.39 is 5.97 Å². The molecule has 0 aromatic heterocycles. The number of ether oxygens (including phenoxy) is 1. The minimum absolute atomic E-state index is 0.124. The SMILES string of the molecule is COCCN(C(C)=O)c1cc(N2CCN(C)CC2)ccc1C(=O)O. The van der Waals surface area contributed by atoms with Gasteiger partial charge in [0, 0.05) is 52.4 Å². The molecular weight excluding hydrogens is 310 g/mol. The van der Waals surface area contributed by atoms with Crippen molar-refractivity contribution in [2.75, 3.05) is 63.3 Å². The van der Waals surface area contributed by atoms with E-state index in [4.69, 9.17) is 4.74 Å². The summed E-state index contributed by atoms with van der Waals surface area (Å²) in [6.45, 7) is 5.76. The highest BCUT2D eigenvalue weighted by Gasteiger charge is 2.22. The predicted molar refractivity (Wildman–Crippen MR) is 93.0 cm³/mol. The summed E-state index contributed by atoms with van der Waals surface area (Å²) in [4.78, 5) is 29.5. The van der Waals surface area contributed by atoms with E-state index in [1.54, 1.807) is 19.2 Å². The molecule has 1 aromatic carbocycles. The first-order valence-corrected chi connectivity index (χ1v) is 8.02. The molecule has 0 unspecified atom stereocenters. The van der Waals surface area contributed by atoms with Crippen LogP contribution in [0.15, 0.2) is 18.2 Å². The van der Waals surface area contributed by atoms with Crippen molar-refractivity contribution in [3.63, 3.8) is 0 Å². The first-order valence-electron chi connectivity index (χ1n) is 8.02. The fourth-order valence-electron chi connectivity index (χ4n) is 2.82. The fraction of sp³-hybridized carbons (Fsp3) is 0.529. The molecule has 0 bridgehead atoms. The Morgan fingerprint density at radius 1 is 1.25 bits per heavy atom. The second-order valence-electron chi connectivity index (χ2n) is 5.96.